The van der Waals surface area contributed by atoms with Crippen LogP contribution >= 0.6 is 0 Å². The van der Waals surface area contributed by atoms with Gasteiger partial charge < -0.3 is 19.9 Å². The van der Waals surface area contributed by atoms with E-state index in [0.29, 0.717) is 31.7 Å². The summed E-state index contributed by atoms with van der Waals surface area (Å²) in [6.07, 6.45) is -9.75. The monoisotopic (exact) mass is 436 g/mol. The van der Waals surface area contributed by atoms with Gasteiger partial charge in [0.1, 0.15) is 17.2 Å². The van der Waals surface area contributed by atoms with Gasteiger partial charge >= 0.3 is 12.7 Å². The molecule has 0 spiro atoms. The molecule has 0 bridgehead atoms. The number of benzene rings is 2. The molecule has 5 nitrogen and oxygen atoms in total. The summed E-state index contributed by atoms with van der Waals surface area (Å²) in [6, 6.07) is 7.44. The zero-order chi connectivity index (χ0) is 21.9. The minimum atomic E-state index is -4.91. The molecule has 1 saturated heterocycles. The Morgan fingerprint density at radius 3 is 1.93 bits per heavy atom. The zero-order valence-electron chi connectivity index (χ0n) is 15.4. The van der Waals surface area contributed by atoms with E-state index in [0.717, 1.165) is 30.3 Å². The van der Waals surface area contributed by atoms with Gasteiger partial charge in [0.15, 0.2) is 0 Å². The summed E-state index contributed by atoms with van der Waals surface area (Å²) in [7, 11) is 0. The molecule has 3 rings (SSSR count). The van der Waals surface area contributed by atoms with Crippen LogP contribution in [-0.4, -0.2) is 48.9 Å². The maximum atomic E-state index is 12.6. The standard InChI is InChI=1S/C19H18F6N2O3/c20-18(21,22)29-13-3-1-12(2-4-13)17(27-9-7-26-8-10-27)15-11-14(5-6-16(15)28)30-19(23,24)25/h1-6,11,17,26,28H,7-10H2/t17-/m0/s1. The number of alkyl halides is 6. The highest BCUT2D eigenvalue weighted by molar-refractivity contribution is 5.46. The largest absolute Gasteiger partial charge is 0.573 e. The number of rotatable bonds is 5. The highest BCUT2D eigenvalue weighted by Gasteiger charge is 2.33. The Morgan fingerprint density at radius 2 is 1.37 bits per heavy atom. The van der Waals surface area contributed by atoms with Gasteiger partial charge in [-0.2, -0.15) is 0 Å². The van der Waals surface area contributed by atoms with E-state index in [1.807, 2.05) is 4.90 Å². The second-order valence-electron chi connectivity index (χ2n) is 6.57. The molecule has 1 aliphatic rings. The van der Waals surface area contributed by atoms with Gasteiger partial charge in [0, 0.05) is 31.7 Å². The first-order chi connectivity index (χ1) is 14.0. The number of nitrogens with one attached hydrogen (secondary N) is 1. The van der Waals surface area contributed by atoms with Crippen molar-refractivity contribution in [2.24, 2.45) is 0 Å². The average molecular weight is 436 g/mol. The molecule has 1 fully saturated rings. The van der Waals surface area contributed by atoms with Crippen molar-refractivity contribution in [1.82, 2.24) is 10.2 Å². The van der Waals surface area contributed by atoms with E-state index >= 15 is 0 Å². The number of phenols is 1. The first kappa shape index (κ1) is 22.0. The summed E-state index contributed by atoms with van der Waals surface area (Å²) in [5, 5.41) is 13.5. The van der Waals surface area contributed by atoms with Crippen LogP contribution in [0.5, 0.6) is 17.2 Å². The number of halogens is 6. The number of piperazine rings is 1. The summed E-state index contributed by atoms with van der Waals surface area (Å²) in [5.41, 5.74) is 0.619. The van der Waals surface area contributed by atoms with Crippen LogP contribution in [0.25, 0.3) is 0 Å². The highest BCUT2D eigenvalue weighted by Crippen LogP contribution is 2.38. The second kappa shape index (κ2) is 8.60. The van der Waals surface area contributed by atoms with Gasteiger partial charge in [-0.25, -0.2) is 0 Å². The van der Waals surface area contributed by atoms with Gasteiger partial charge in [-0.05, 0) is 35.9 Å². The number of aromatic hydroxyl groups is 1. The fourth-order valence-electron chi connectivity index (χ4n) is 3.33. The smallest absolute Gasteiger partial charge is 0.508 e. The fraction of sp³-hybridized carbons (Fsp3) is 0.368. The van der Waals surface area contributed by atoms with Crippen LogP contribution in [-0.2, 0) is 0 Å². The van der Waals surface area contributed by atoms with Crippen molar-refractivity contribution >= 4 is 0 Å². The highest BCUT2D eigenvalue weighted by atomic mass is 19.4. The maximum absolute atomic E-state index is 12.6. The molecule has 0 radical (unpaired) electrons. The third-order valence-electron chi connectivity index (χ3n) is 4.47. The van der Waals surface area contributed by atoms with Gasteiger partial charge in [-0.1, -0.05) is 12.1 Å². The molecule has 2 aromatic carbocycles. The normalized spacial score (nSPS) is 16.9. The molecule has 2 aromatic rings. The SMILES string of the molecule is Oc1ccc(OC(F)(F)F)cc1[C@H](c1ccc(OC(F)(F)F)cc1)N1CCNCC1. The third kappa shape index (κ3) is 5.92. The number of phenolic OH excluding ortho intramolecular Hbond substituents is 1. The first-order valence-electron chi connectivity index (χ1n) is 8.91. The van der Waals surface area contributed by atoms with Crippen molar-refractivity contribution in [3.63, 3.8) is 0 Å². The Morgan fingerprint density at radius 1 is 0.833 bits per heavy atom. The van der Waals surface area contributed by atoms with Crippen LogP contribution in [0, 0.1) is 0 Å². The lowest BCUT2D eigenvalue weighted by atomic mass is 9.95. The Bertz CT molecular complexity index is 849. The number of nitrogens with zero attached hydrogens (tertiary/aromatic N) is 1. The predicted molar refractivity (Wildman–Crippen MR) is 94.2 cm³/mol. The minimum absolute atomic E-state index is 0.142. The molecule has 164 valence electrons. The molecule has 1 atom stereocenters. The quantitative estimate of drug-likeness (QED) is 0.689. The van der Waals surface area contributed by atoms with Crippen molar-refractivity contribution in [1.29, 1.82) is 0 Å². The predicted octanol–water partition coefficient (Wildman–Crippen LogP) is 4.18. The molecule has 1 heterocycles. The first-order valence-corrected chi connectivity index (χ1v) is 8.91. The topological polar surface area (TPSA) is 54.0 Å². The Kier molecular flexibility index (Phi) is 6.32. The second-order valence-corrected chi connectivity index (χ2v) is 6.57. The van der Waals surface area contributed by atoms with Crippen LogP contribution in [0.2, 0.25) is 0 Å². The van der Waals surface area contributed by atoms with Gasteiger partial charge in [-0.3, -0.25) is 4.90 Å². The van der Waals surface area contributed by atoms with Crippen molar-refractivity contribution < 1.29 is 40.9 Å². The van der Waals surface area contributed by atoms with Crippen LogP contribution in [0.15, 0.2) is 42.5 Å². The summed E-state index contributed by atoms with van der Waals surface area (Å²) < 4.78 is 82.9. The van der Waals surface area contributed by atoms with Gasteiger partial charge in [0.05, 0.1) is 6.04 Å². The summed E-state index contributed by atoms with van der Waals surface area (Å²) in [5.74, 6) is -1.19. The summed E-state index contributed by atoms with van der Waals surface area (Å²) in [6.45, 7) is 2.22. The molecule has 0 aromatic heterocycles. The van der Waals surface area contributed by atoms with Crippen molar-refractivity contribution in [3.8, 4) is 17.2 Å². The van der Waals surface area contributed by atoms with E-state index in [1.165, 1.54) is 12.1 Å². The number of ether oxygens (including phenoxy) is 2. The maximum Gasteiger partial charge on any atom is 0.573 e. The number of hydrogen-bond acceptors (Lipinski definition) is 5. The molecular formula is C19H18F6N2O3. The molecule has 0 saturated carbocycles. The molecule has 0 aliphatic carbocycles. The third-order valence-corrected chi connectivity index (χ3v) is 4.47. The van der Waals surface area contributed by atoms with E-state index in [-0.39, 0.29) is 11.3 Å². The average Bonchev–Trinajstić information content (AvgIpc) is 2.64. The van der Waals surface area contributed by atoms with Gasteiger partial charge in [-0.15, -0.1) is 26.3 Å². The van der Waals surface area contributed by atoms with E-state index in [4.69, 9.17) is 0 Å². The van der Waals surface area contributed by atoms with Crippen molar-refractivity contribution in [2.45, 2.75) is 18.8 Å². The molecule has 1 aliphatic heterocycles. The lowest BCUT2D eigenvalue weighted by Crippen LogP contribution is -2.45. The minimum Gasteiger partial charge on any atom is -0.508 e. The van der Waals surface area contributed by atoms with E-state index < -0.39 is 30.3 Å². The molecule has 11 heteroatoms. The van der Waals surface area contributed by atoms with Crippen molar-refractivity contribution in [2.75, 3.05) is 26.2 Å². The molecule has 0 unspecified atom stereocenters. The lowest BCUT2D eigenvalue weighted by molar-refractivity contribution is -0.275. The van der Waals surface area contributed by atoms with Gasteiger partial charge in [0.25, 0.3) is 0 Å². The fourth-order valence-corrected chi connectivity index (χ4v) is 3.33. The van der Waals surface area contributed by atoms with E-state index in [9.17, 15) is 31.4 Å². The Balaban J connectivity index is 1.98. The molecule has 0 amide bonds. The van der Waals surface area contributed by atoms with Crippen LogP contribution in [0.1, 0.15) is 17.2 Å². The molecular weight excluding hydrogens is 418 g/mol. The summed E-state index contributed by atoms with van der Waals surface area (Å²) >= 11 is 0. The molecule has 30 heavy (non-hydrogen) atoms. The Hall–Kier alpha value is -2.66. The summed E-state index contributed by atoms with van der Waals surface area (Å²) in [4.78, 5) is 1.91. The van der Waals surface area contributed by atoms with E-state index in [2.05, 4.69) is 14.8 Å². The van der Waals surface area contributed by atoms with Gasteiger partial charge in [0.2, 0.25) is 0 Å². The van der Waals surface area contributed by atoms with Crippen molar-refractivity contribution in [3.05, 3.63) is 53.6 Å². The molecule has 2 N–H and O–H groups in total. The lowest BCUT2D eigenvalue weighted by Gasteiger charge is -2.36. The number of hydrogen-bond donors (Lipinski definition) is 2. The zero-order valence-corrected chi connectivity index (χ0v) is 15.4. The Labute approximate surface area is 167 Å². The van der Waals surface area contributed by atoms with Crippen LogP contribution in [0.4, 0.5) is 26.3 Å². The van der Waals surface area contributed by atoms with E-state index in [1.54, 1.807) is 0 Å². The van der Waals surface area contributed by atoms with Crippen LogP contribution in [0.3, 0.4) is 0 Å². The van der Waals surface area contributed by atoms with Crippen LogP contribution < -0.4 is 14.8 Å².